The summed E-state index contributed by atoms with van der Waals surface area (Å²) in [5, 5.41) is 3.47. The Morgan fingerprint density at radius 1 is 1.24 bits per heavy atom. The molecule has 0 amide bonds. The molecule has 7 heteroatoms. The van der Waals surface area contributed by atoms with Gasteiger partial charge in [0.2, 0.25) is 0 Å². The van der Waals surface area contributed by atoms with Gasteiger partial charge in [-0.25, -0.2) is 4.39 Å². The molecule has 1 atom stereocenters. The van der Waals surface area contributed by atoms with E-state index in [0.717, 1.165) is 36.2 Å². The molecule has 0 spiro atoms. The lowest BCUT2D eigenvalue weighted by Gasteiger charge is -2.25. The summed E-state index contributed by atoms with van der Waals surface area (Å²) in [6, 6.07) is 7.38. The number of nitrogens with one attached hydrogen (secondary N) is 1. The Hall–Kier alpha value is -0.540. The molecule has 1 unspecified atom stereocenters. The average molecular weight is 478 g/mol. The standard InChI is InChI=1S/C18H27FN4S.HI/c1-20-18(21-9-13-24-17-6-4-15(19)5-7-17)23-12-8-16(14-23)22-10-2-3-11-22;/h4-7,16H,2-3,8-14H2,1H3,(H,20,21);1H. The first-order chi connectivity index (χ1) is 11.8. The lowest BCUT2D eigenvalue weighted by Crippen LogP contribution is -2.43. The van der Waals surface area contributed by atoms with Gasteiger partial charge < -0.3 is 10.2 Å². The highest BCUT2D eigenvalue weighted by molar-refractivity contribution is 14.0. The van der Waals surface area contributed by atoms with Gasteiger partial charge in [0.15, 0.2) is 5.96 Å². The maximum atomic E-state index is 12.9. The highest BCUT2D eigenvalue weighted by atomic mass is 127. The molecule has 0 aromatic heterocycles. The second kappa shape index (κ2) is 10.6. The Labute approximate surface area is 171 Å². The van der Waals surface area contributed by atoms with Crippen LogP contribution in [0.5, 0.6) is 0 Å². The zero-order chi connectivity index (χ0) is 16.8. The van der Waals surface area contributed by atoms with E-state index in [4.69, 9.17) is 0 Å². The van der Waals surface area contributed by atoms with Gasteiger partial charge in [-0.3, -0.25) is 9.89 Å². The topological polar surface area (TPSA) is 30.9 Å². The Kier molecular flexibility index (Phi) is 8.78. The highest BCUT2D eigenvalue weighted by Gasteiger charge is 2.30. The number of likely N-dealkylation sites (tertiary alicyclic amines) is 2. The van der Waals surface area contributed by atoms with Gasteiger partial charge in [0, 0.05) is 43.4 Å². The van der Waals surface area contributed by atoms with Crippen LogP contribution in [0.2, 0.25) is 0 Å². The van der Waals surface area contributed by atoms with E-state index in [0.29, 0.717) is 6.04 Å². The molecule has 4 nitrogen and oxygen atoms in total. The van der Waals surface area contributed by atoms with Crippen LogP contribution in [0, 0.1) is 5.82 Å². The predicted molar refractivity (Wildman–Crippen MR) is 115 cm³/mol. The molecule has 2 fully saturated rings. The summed E-state index contributed by atoms with van der Waals surface area (Å²) < 4.78 is 12.9. The number of thioether (sulfide) groups is 1. The molecule has 2 aliphatic heterocycles. The fraction of sp³-hybridized carbons (Fsp3) is 0.611. The zero-order valence-electron chi connectivity index (χ0n) is 14.8. The molecule has 0 bridgehead atoms. The van der Waals surface area contributed by atoms with Crippen LogP contribution >= 0.6 is 35.7 Å². The number of benzene rings is 1. The number of aliphatic imine (C=N–C) groups is 1. The molecule has 2 heterocycles. The van der Waals surface area contributed by atoms with Crippen molar-refractivity contribution in [1.29, 1.82) is 0 Å². The van der Waals surface area contributed by atoms with Crippen LogP contribution < -0.4 is 5.32 Å². The minimum atomic E-state index is -0.181. The molecule has 0 radical (unpaired) electrons. The maximum Gasteiger partial charge on any atom is 0.193 e. The molecule has 140 valence electrons. The molecule has 1 aromatic rings. The van der Waals surface area contributed by atoms with Crippen LogP contribution in [0.15, 0.2) is 34.2 Å². The summed E-state index contributed by atoms with van der Waals surface area (Å²) in [5.41, 5.74) is 0. The summed E-state index contributed by atoms with van der Waals surface area (Å²) >= 11 is 1.73. The normalized spacial score (nSPS) is 21.4. The smallest absolute Gasteiger partial charge is 0.193 e. The van der Waals surface area contributed by atoms with Gasteiger partial charge in [0.05, 0.1) is 0 Å². The van der Waals surface area contributed by atoms with Gasteiger partial charge in [0.25, 0.3) is 0 Å². The minimum absolute atomic E-state index is 0. The van der Waals surface area contributed by atoms with Crippen molar-refractivity contribution in [2.24, 2.45) is 4.99 Å². The lowest BCUT2D eigenvalue weighted by atomic mass is 10.2. The number of rotatable bonds is 5. The van der Waals surface area contributed by atoms with Crippen LogP contribution in [-0.4, -0.2) is 67.3 Å². The number of halogens is 2. The first-order valence-corrected chi connectivity index (χ1v) is 9.83. The van der Waals surface area contributed by atoms with Crippen molar-refractivity contribution in [3.05, 3.63) is 30.1 Å². The molecule has 3 rings (SSSR count). The summed E-state index contributed by atoms with van der Waals surface area (Å²) in [7, 11) is 1.86. The summed E-state index contributed by atoms with van der Waals surface area (Å²) in [6.07, 6.45) is 3.94. The quantitative estimate of drug-likeness (QED) is 0.232. The fourth-order valence-electron chi connectivity index (χ4n) is 3.53. The Morgan fingerprint density at radius 2 is 1.96 bits per heavy atom. The van der Waals surface area contributed by atoms with Crippen molar-refractivity contribution in [2.45, 2.75) is 30.2 Å². The minimum Gasteiger partial charge on any atom is -0.355 e. The number of hydrogen-bond acceptors (Lipinski definition) is 3. The highest BCUT2D eigenvalue weighted by Crippen LogP contribution is 2.20. The van der Waals surface area contributed by atoms with Gasteiger partial charge in [0.1, 0.15) is 5.82 Å². The monoisotopic (exact) mass is 478 g/mol. The lowest BCUT2D eigenvalue weighted by molar-refractivity contribution is 0.249. The number of hydrogen-bond donors (Lipinski definition) is 1. The van der Waals surface area contributed by atoms with Crippen LogP contribution in [0.4, 0.5) is 4.39 Å². The van der Waals surface area contributed by atoms with E-state index in [1.165, 1.54) is 44.5 Å². The van der Waals surface area contributed by atoms with Crippen molar-refractivity contribution >= 4 is 41.7 Å². The third-order valence-corrected chi connectivity index (χ3v) is 5.81. The molecule has 2 aliphatic rings. The predicted octanol–water partition coefficient (Wildman–Crippen LogP) is 3.28. The van der Waals surface area contributed by atoms with Crippen LogP contribution in [0.1, 0.15) is 19.3 Å². The third kappa shape index (κ3) is 5.99. The molecule has 1 N–H and O–H groups in total. The molecule has 2 saturated heterocycles. The molecule has 1 aromatic carbocycles. The molecular weight excluding hydrogens is 450 g/mol. The van der Waals surface area contributed by atoms with Gasteiger partial charge in [-0.2, -0.15) is 0 Å². The van der Waals surface area contributed by atoms with Gasteiger partial charge in [-0.05, 0) is 56.6 Å². The summed E-state index contributed by atoms with van der Waals surface area (Å²) in [6.45, 7) is 5.56. The molecular formula is C18H28FIN4S. The average Bonchev–Trinajstić information content (AvgIpc) is 3.28. The van der Waals surface area contributed by atoms with Gasteiger partial charge >= 0.3 is 0 Å². The molecule has 25 heavy (non-hydrogen) atoms. The Bertz CT molecular complexity index is 549. The molecule has 0 saturated carbocycles. The van der Waals surface area contributed by atoms with Crippen molar-refractivity contribution in [2.75, 3.05) is 45.5 Å². The number of guanidine groups is 1. The van der Waals surface area contributed by atoms with E-state index in [1.807, 2.05) is 19.2 Å². The SMILES string of the molecule is CN=C(NCCSc1ccc(F)cc1)N1CCC(N2CCCC2)C1.I. The Morgan fingerprint density at radius 3 is 2.64 bits per heavy atom. The van der Waals surface area contributed by atoms with Crippen molar-refractivity contribution in [3.63, 3.8) is 0 Å². The Balaban J connectivity index is 0.00000225. The second-order valence-electron chi connectivity index (χ2n) is 6.41. The first-order valence-electron chi connectivity index (χ1n) is 8.84. The summed E-state index contributed by atoms with van der Waals surface area (Å²) in [5.74, 6) is 1.77. The molecule has 0 aliphatic carbocycles. The van der Waals surface area contributed by atoms with Crippen molar-refractivity contribution < 1.29 is 4.39 Å². The van der Waals surface area contributed by atoms with E-state index in [2.05, 4.69) is 20.1 Å². The zero-order valence-corrected chi connectivity index (χ0v) is 17.9. The maximum absolute atomic E-state index is 12.9. The summed E-state index contributed by atoms with van der Waals surface area (Å²) in [4.78, 5) is 10.6. The second-order valence-corrected chi connectivity index (χ2v) is 7.58. The van der Waals surface area contributed by atoms with E-state index in [-0.39, 0.29) is 29.8 Å². The van der Waals surface area contributed by atoms with Crippen molar-refractivity contribution in [3.8, 4) is 0 Å². The van der Waals surface area contributed by atoms with Crippen LogP contribution in [-0.2, 0) is 0 Å². The van der Waals surface area contributed by atoms with E-state index in [1.54, 1.807) is 11.8 Å². The van der Waals surface area contributed by atoms with E-state index in [9.17, 15) is 4.39 Å². The fourth-order valence-corrected chi connectivity index (χ4v) is 4.30. The van der Waals surface area contributed by atoms with Gasteiger partial charge in [-0.15, -0.1) is 35.7 Å². The third-order valence-electron chi connectivity index (χ3n) is 4.80. The van der Waals surface area contributed by atoms with E-state index < -0.39 is 0 Å². The van der Waals surface area contributed by atoms with Crippen molar-refractivity contribution in [1.82, 2.24) is 15.1 Å². The number of nitrogens with zero attached hydrogens (tertiary/aromatic N) is 3. The first kappa shape index (κ1) is 20.8. The van der Waals surface area contributed by atoms with E-state index >= 15 is 0 Å². The van der Waals surface area contributed by atoms with Crippen LogP contribution in [0.3, 0.4) is 0 Å². The van der Waals surface area contributed by atoms with Crippen LogP contribution in [0.25, 0.3) is 0 Å². The largest absolute Gasteiger partial charge is 0.355 e. The van der Waals surface area contributed by atoms with Gasteiger partial charge in [-0.1, -0.05) is 0 Å².